The standard InChI is InChI=1S/C20H24N2O5S/c23-28(24,11-7-16-2-1-8-21-13-16)22-9-5-18(6-10-22)25-14-17-3-4-19-20(12-17)27-15-26-19/h1-4,8,12-13,18H,5-7,9-11,14-15H2. The van der Waals surface area contributed by atoms with Gasteiger partial charge in [0.2, 0.25) is 16.8 Å². The molecule has 0 unspecified atom stereocenters. The van der Waals surface area contributed by atoms with Gasteiger partial charge >= 0.3 is 0 Å². The molecule has 2 aliphatic heterocycles. The van der Waals surface area contributed by atoms with Crippen LogP contribution < -0.4 is 9.47 Å². The lowest BCUT2D eigenvalue weighted by Gasteiger charge is -2.31. The molecule has 0 saturated carbocycles. The molecule has 3 heterocycles. The fraction of sp³-hybridized carbons (Fsp3) is 0.450. The van der Waals surface area contributed by atoms with Gasteiger partial charge in [0.1, 0.15) is 0 Å². The number of aryl methyl sites for hydroxylation is 1. The number of sulfonamides is 1. The maximum absolute atomic E-state index is 12.6. The summed E-state index contributed by atoms with van der Waals surface area (Å²) in [6.07, 6.45) is 5.36. The summed E-state index contributed by atoms with van der Waals surface area (Å²) < 4.78 is 43.5. The van der Waals surface area contributed by atoms with Crippen LogP contribution in [-0.2, 0) is 27.8 Å². The van der Waals surface area contributed by atoms with Crippen molar-refractivity contribution in [3.05, 3.63) is 53.9 Å². The third-order valence-electron chi connectivity index (χ3n) is 5.09. The summed E-state index contributed by atoms with van der Waals surface area (Å²) in [6.45, 7) is 1.74. The predicted molar refractivity (Wildman–Crippen MR) is 104 cm³/mol. The van der Waals surface area contributed by atoms with Crippen molar-refractivity contribution in [3.63, 3.8) is 0 Å². The number of ether oxygens (including phenoxy) is 3. The van der Waals surface area contributed by atoms with Crippen LogP contribution in [0.2, 0.25) is 0 Å². The highest BCUT2D eigenvalue weighted by Crippen LogP contribution is 2.33. The SMILES string of the molecule is O=S(=O)(CCc1cccnc1)N1CCC(OCc2ccc3c(c2)OCO3)CC1. The van der Waals surface area contributed by atoms with E-state index in [4.69, 9.17) is 14.2 Å². The van der Waals surface area contributed by atoms with Crippen molar-refractivity contribution in [3.8, 4) is 11.5 Å². The molecule has 0 amide bonds. The van der Waals surface area contributed by atoms with Crippen LogP contribution in [0.5, 0.6) is 11.5 Å². The van der Waals surface area contributed by atoms with E-state index in [2.05, 4.69) is 4.98 Å². The van der Waals surface area contributed by atoms with Crippen LogP contribution in [-0.4, -0.2) is 49.4 Å². The molecule has 7 nitrogen and oxygen atoms in total. The van der Waals surface area contributed by atoms with Gasteiger partial charge in [0, 0.05) is 25.5 Å². The Morgan fingerprint density at radius 1 is 1.11 bits per heavy atom. The molecule has 0 radical (unpaired) electrons. The number of pyridine rings is 1. The normalized spacial score (nSPS) is 17.7. The quantitative estimate of drug-likeness (QED) is 0.705. The number of benzene rings is 1. The van der Waals surface area contributed by atoms with Crippen molar-refractivity contribution < 1.29 is 22.6 Å². The fourth-order valence-corrected chi connectivity index (χ4v) is 4.96. The van der Waals surface area contributed by atoms with Gasteiger partial charge in [-0.2, -0.15) is 0 Å². The van der Waals surface area contributed by atoms with Crippen LogP contribution in [0.25, 0.3) is 0 Å². The highest BCUT2D eigenvalue weighted by molar-refractivity contribution is 7.89. The molecule has 0 N–H and O–H groups in total. The van der Waals surface area contributed by atoms with E-state index in [1.54, 1.807) is 16.7 Å². The number of hydrogen-bond acceptors (Lipinski definition) is 6. The van der Waals surface area contributed by atoms with Crippen LogP contribution in [0.3, 0.4) is 0 Å². The van der Waals surface area contributed by atoms with Gasteiger partial charge in [-0.3, -0.25) is 4.98 Å². The summed E-state index contributed by atoms with van der Waals surface area (Å²) in [7, 11) is -3.26. The number of piperidine rings is 1. The van der Waals surface area contributed by atoms with Crippen molar-refractivity contribution in [2.24, 2.45) is 0 Å². The number of hydrogen-bond donors (Lipinski definition) is 0. The maximum Gasteiger partial charge on any atom is 0.231 e. The predicted octanol–water partition coefficient (Wildman–Crippen LogP) is 2.36. The van der Waals surface area contributed by atoms with Crippen LogP contribution in [0.4, 0.5) is 0 Å². The number of rotatable bonds is 7. The molecule has 0 atom stereocenters. The molecular formula is C20H24N2O5S. The molecule has 1 fully saturated rings. The topological polar surface area (TPSA) is 78.0 Å². The summed E-state index contributed by atoms with van der Waals surface area (Å²) in [4.78, 5) is 4.03. The van der Waals surface area contributed by atoms with Crippen LogP contribution >= 0.6 is 0 Å². The van der Waals surface area contributed by atoms with E-state index in [0.717, 1.165) is 22.6 Å². The summed E-state index contributed by atoms with van der Waals surface area (Å²) >= 11 is 0. The van der Waals surface area contributed by atoms with E-state index in [0.29, 0.717) is 39.0 Å². The lowest BCUT2D eigenvalue weighted by Crippen LogP contribution is -2.42. The zero-order chi connectivity index (χ0) is 19.4. The Kier molecular flexibility index (Phi) is 5.79. The minimum absolute atomic E-state index is 0.0650. The van der Waals surface area contributed by atoms with Gasteiger partial charge < -0.3 is 14.2 Å². The van der Waals surface area contributed by atoms with Gasteiger partial charge in [-0.15, -0.1) is 0 Å². The van der Waals surface area contributed by atoms with Crippen molar-refractivity contribution in [1.82, 2.24) is 9.29 Å². The van der Waals surface area contributed by atoms with Gasteiger partial charge in [-0.05, 0) is 48.6 Å². The molecule has 4 rings (SSSR count). The van der Waals surface area contributed by atoms with Gasteiger partial charge in [0.25, 0.3) is 0 Å². The first-order valence-electron chi connectivity index (χ1n) is 9.47. The largest absolute Gasteiger partial charge is 0.454 e. The molecular weight excluding hydrogens is 380 g/mol. The molecule has 1 saturated heterocycles. The van der Waals surface area contributed by atoms with Crippen LogP contribution in [0, 0.1) is 0 Å². The van der Waals surface area contributed by atoms with E-state index in [9.17, 15) is 8.42 Å². The lowest BCUT2D eigenvalue weighted by molar-refractivity contribution is 0.0101. The molecule has 0 spiro atoms. The van der Waals surface area contributed by atoms with Gasteiger partial charge in [0.15, 0.2) is 11.5 Å². The Morgan fingerprint density at radius 3 is 2.71 bits per heavy atom. The van der Waals surface area contributed by atoms with E-state index in [-0.39, 0.29) is 18.6 Å². The van der Waals surface area contributed by atoms with Crippen molar-refractivity contribution >= 4 is 10.0 Å². The van der Waals surface area contributed by atoms with Gasteiger partial charge in [-0.25, -0.2) is 12.7 Å². The molecule has 28 heavy (non-hydrogen) atoms. The Labute approximate surface area is 165 Å². The van der Waals surface area contributed by atoms with Gasteiger partial charge in [-0.1, -0.05) is 12.1 Å². The minimum Gasteiger partial charge on any atom is -0.454 e. The molecule has 2 aliphatic rings. The molecule has 2 aromatic rings. The van der Waals surface area contributed by atoms with Crippen molar-refractivity contribution in [1.29, 1.82) is 0 Å². The second kappa shape index (κ2) is 8.46. The highest BCUT2D eigenvalue weighted by Gasteiger charge is 2.28. The van der Waals surface area contributed by atoms with Crippen molar-refractivity contribution in [2.75, 3.05) is 25.6 Å². The molecule has 1 aromatic carbocycles. The third kappa shape index (κ3) is 4.63. The van der Waals surface area contributed by atoms with Crippen LogP contribution in [0.1, 0.15) is 24.0 Å². The zero-order valence-electron chi connectivity index (χ0n) is 15.6. The first-order valence-corrected chi connectivity index (χ1v) is 11.1. The number of nitrogens with zero attached hydrogens (tertiary/aromatic N) is 2. The maximum atomic E-state index is 12.6. The Balaban J connectivity index is 1.23. The lowest BCUT2D eigenvalue weighted by atomic mass is 10.1. The Morgan fingerprint density at radius 2 is 1.93 bits per heavy atom. The molecule has 1 aromatic heterocycles. The zero-order valence-corrected chi connectivity index (χ0v) is 16.4. The first kappa shape index (κ1) is 19.2. The smallest absolute Gasteiger partial charge is 0.231 e. The molecule has 150 valence electrons. The van der Waals surface area contributed by atoms with E-state index < -0.39 is 10.0 Å². The monoisotopic (exact) mass is 404 g/mol. The summed E-state index contributed by atoms with van der Waals surface area (Å²) in [5.74, 6) is 1.62. The molecule has 0 aliphatic carbocycles. The van der Waals surface area contributed by atoms with E-state index in [1.807, 2.05) is 30.3 Å². The summed E-state index contributed by atoms with van der Waals surface area (Å²) in [6, 6.07) is 9.51. The van der Waals surface area contributed by atoms with Crippen LogP contribution in [0.15, 0.2) is 42.7 Å². The molecule has 8 heteroatoms. The number of aromatic nitrogens is 1. The van der Waals surface area contributed by atoms with Gasteiger partial charge in [0.05, 0.1) is 18.5 Å². The summed E-state index contributed by atoms with van der Waals surface area (Å²) in [5.41, 5.74) is 1.96. The average molecular weight is 404 g/mol. The Hall–Kier alpha value is -2.16. The highest BCUT2D eigenvalue weighted by atomic mass is 32.2. The second-order valence-corrected chi connectivity index (χ2v) is 9.11. The third-order valence-corrected chi connectivity index (χ3v) is 6.96. The molecule has 0 bridgehead atoms. The Bertz CT molecular complexity index is 896. The minimum atomic E-state index is -3.26. The first-order chi connectivity index (χ1) is 13.6. The average Bonchev–Trinajstić information content (AvgIpc) is 3.20. The fourth-order valence-electron chi connectivity index (χ4n) is 3.44. The van der Waals surface area contributed by atoms with E-state index >= 15 is 0 Å². The second-order valence-electron chi connectivity index (χ2n) is 7.02. The number of fused-ring (bicyclic) bond motifs is 1. The summed E-state index contributed by atoms with van der Waals surface area (Å²) in [5, 5.41) is 0. The van der Waals surface area contributed by atoms with Crippen molar-refractivity contribution in [2.45, 2.75) is 32.0 Å². The van der Waals surface area contributed by atoms with E-state index in [1.165, 1.54) is 0 Å².